The van der Waals surface area contributed by atoms with Gasteiger partial charge in [0.05, 0.1) is 5.56 Å². The largest absolute Gasteiger partial charge is 0.478 e. The molecule has 0 saturated heterocycles. The van der Waals surface area contributed by atoms with E-state index in [1.807, 2.05) is 25.1 Å². The highest BCUT2D eigenvalue weighted by molar-refractivity contribution is 5.88. The van der Waals surface area contributed by atoms with E-state index in [1.54, 1.807) is 6.07 Å². The molecule has 4 heteroatoms. The highest BCUT2D eigenvalue weighted by atomic mass is 16.4. The van der Waals surface area contributed by atoms with Crippen molar-refractivity contribution >= 4 is 11.8 Å². The summed E-state index contributed by atoms with van der Waals surface area (Å²) in [6.07, 6.45) is 2.36. The molecule has 98 valence electrons. The molecular formula is C15H16N2O2. The Morgan fingerprint density at radius 1 is 1.32 bits per heavy atom. The van der Waals surface area contributed by atoms with Crippen molar-refractivity contribution in [3.8, 4) is 0 Å². The number of aromatic nitrogens is 1. The summed E-state index contributed by atoms with van der Waals surface area (Å²) >= 11 is 0. The zero-order chi connectivity index (χ0) is 13.7. The number of nitrogens with one attached hydrogen (secondary N) is 1. The van der Waals surface area contributed by atoms with Crippen molar-refractivity contribution in [2.45, 2.75) is 19.4 Å². The molecule has 1 atom stereocenters. The van der Waals surface area contributed by atoms with Crippen LogP contribution in [0, 0.1) is 0 Å². The average molecular weight is 256 g/mol. The van der Waals surface area contributed by atoms with Gasteiger partial charge >= 0.3 is 5.97 Å². The molecule has 19 heavy (non-hydrogen) atoms. The minimum atomic E-state index is -0.943. The number of hydrogen-bond acceptors (Lipinski definition) is 3. The topological polar surface area (TPSA) is 62.2 Å². The van der Waals surface area contributed by atoms with Gasteiger partial charge in [0.1, 0.15) is 5.82 Å². The molecule has 0 saturated carbocycles. The Balaban J connectivity index is 2.01. The van der Waals surface area contributed by atoms with Crippen molar-refractivity contribution in [1.82, 2.24) is 4.98 Å². The number of carboxylic acids is 1. The highest BCUT2D eigenvalue weighted by Crippen LogP contribution is 2.11. The van der Waals surface area contributed by atoms with E-state index in [1.165, 1.54) is 17.8 Å². The SMILES string of the molecule is CC(Cc1ccccc1)Nc1cc(C(=O)O)ccn1. The second-order valence-corrected chi connectivity index (χ2v) is 4.47. The molecule has 0 aliphatic heterocycles. The minimum absolute atomic E-state index is 0.180. The highest BCUT2D eigenvalue weighted by Gasteiger charge is 2.07. The van der Waals surface area contributed by atoms with Crippen molar-refractivity contribution in [1.29, 1.82) is 0 Å². The summed E-state index contributed by atoms with van der Waals surface area (Å²) in [7, 11) is 0. The zero-order valence-corrected chi connectivity index (χ0v) is 10.7. The Bertz CT molecular complexity index is 555. The maximum absolute atomic E-state index is 10.9. The van der Waals surface area contributed by atoms with Gasteiger partial charge in [-0.3, -0.25) is 0 Å². The summed E-state index contributed by atoms with van der Waals surface area (Å²) in [5, 5.41) is 12.1. The maximum atomic E-state index is 10.9. The Morgan fingerprint density at radius 3 is 2.74 bits per heavy atom. The quantitative estimate of drug-likeness (QED) is 0.863. The molecule has 2 aromatic rings. The van der Waals surface area contributed by atoms with Crippen molar-refractivity contribution < 1.29 is 9.90 Å². The lowest BCUT2D eigenvalue weighted by atomic mass is 10.1. The van der Waals surface area contributed by atoms with Gasteiger partial charge in [0.25, 0.3) is 0 Å². The molecule has 0 aliphatic carbocycles. The number of carboxylic acid groups (broad SMARTS) is 1. The first-order chi connectivity index (χ1) is 9.15. The summed E-state index contributed by atoms with van der Waals surface area (Å²) in [6.45, 7) is 2.04. The van der Waals surface area contributed by atoms with Gasteiger partial charge in [-0.05, 0) is 31.0 Å². The summed E-state index contributed by atoms with van der Waals surface area (Å²) in [5.74, 6) is -0.357. The molecule has 1 heterocycles. The average Bonchev–Trinajstić information content (AvgIpc) is 2.40. The fraction of sp³-hybridized carbons (Fsp3) is 0.200. The zero-order valence-electron chi connectivity index (χ0n) is 10.7. The molecule has 2 rings (SSSR count). The molecule has 0 spiro atoms. The van der Waals surface area contributed by atoms with E-state index in [-0.39, 0.29) is 11.6 Å². The van der Waals surface area contributed by atoms with Crippen LogP contribution in [0.4, 0.5) is 5.82 Å². The van der Waals surface area contributed by atoms with Crippen molar-refractivity contribution in [2.24, 2.45) is 0 Å². The number of rotatable bonds is 5. The van der Waals surface area contributed by atoms with E-state index in [4.69, 9.17) is 5.11 Å². The number of aromatic carboxylic acids is 1. The monoisotopic (exact) mass is 256 g/mol. The van der Waals surface area contributed by atoms with Gasteiger partial charge < -0.3 is 10.4 Å². The smallest absolute Gasteiger partial charge is 0.335 e. The summed E-state index contributed by atoms with van der Waals surface area (Å²) < 4.78 is 0. The van der Waals surface area contributed by atoms with Crippen LogP contribution in [0.1, 0.15) is 22.8 Å². The number of anilines is 1. The number of hydrogen-bond donors (Lipinski definition) is 2. The summed E-state index contributed by atoms with van der Waals surface area (Å²) in [5.41, 5.74) is 1.47. The Hall–Kier alpha value is -2.36. The van der Waals surface area contributed by atoms with Crippen LogP contribution in [0.5, 0.6) is 0 Å². The lowest BCUT2D eigenvalue weighted by molar-refractivity contribution is 0.0697. The van der Waals surface area contributed by atoms with Crippen LogP contribution in [0.3, 0.4) is 0 Å². The Morgan fingerprint density at radius 2 is 2.05 bits per heavy atom. The summed E-state index contributed by atoms with van der Waals surface area (Å²) in [6, 6.07) is 13.3. The van der Waals surface area contributed by atoms with Crippen molar-refractivity contribution in [3.63, 3.8) is 0 Å². The van der Waals surface area contributed by atoms with E-state index in [0.29, 0.717) is 5.82 Å². The van der Waals surface area contributed by atoms with Crippen LogP contribution in [0.25, 0.3) is 0 Å². The Labute approximate surface area is 112 Å². The van der Waals surface area contributed by atoms with E-state index >= 15 is 0 Å². The maximum Gasteiger partial charge on any atom is 0.335 e. The normalized spacial score (nSPS) is 11.8. The van der Waals surface area contributed by atoms with Crippen LogP contribution >= 0.6 is 0 Å². The van der Waals surface area contributed by atoms with Crippen LogP contribution in [-0.2, 0) is 6.42 Å². The minimum Gasteiger partial charge on any atom is -0.478 e. The van der Waals surface area contributed by atoms with Crippen molar-refractivity contribution in [2.75, 3.05) is 5.32 Å². The van der Waals surface area contributed by atoms with Gasteiger partial charge in [0.2, 0.25) is 0 Å². The molecule has 1 aromatic heterocycles. The van der Waals surface area contributed by atoms with E-state index < -0.39 is 5.97 Å². The molecule has 0 amide bonds. The number of pyridine rings is 1. The first-order valence-electron chi connectivity index (χ1n) is 6.15. The number of nitrogens with zero attached hydrogens (tertiary/aromatic N) is 1. The van der Waals surface area contributed by atoms with Crippen molar-refractivity contribution in [3.05, 3.63) is 59.8 Å². The molecule has 0 fully saturated rings. The van der Waals surface area contributed by atoms with Crippen LogP contribution in [0.2, 0.25) is 0 Å². The van der Waals surface area contributed by atoms with E-state index in [2.05, 4.69) is 22.4 Å². The predicted molar refractivity (Wildman–Crippen MR) is 74.4 cm³/mol. The first kappa shape index (κ1) is 13.1. The standard InChI is InChI=1S/C15H16N2O2/c1-11(9-12-5-3-2-4-6-12)17-14-10-13(15(18)19)7-8-16-14/h2-8,10-11H,9H2,1H3,(H,16,17)(H,18,19). The molecule has 0 bridgehead atoms. The molecule has 1 aromatic carbocycles. The second kappa shape index (κ2) is 6.00. The molecule has 1 unspecified atom stereocenters. The van der Waals surface area contributed by atoms with Gasteiger partial charge in [-0.25, -0.2) is 9.78 Å². The molecular weight excluding hydrogens is 240 g/mol. The van der Waals surface area contributed by atoms with Gasteiger partial charge in [-0.1, -0.05) is 30.3 Å². The molecule has 0 aliphatic rings. The fourth-order valence-electron chi connectivity index (χ4n) is 1.91. The van der Waals surface area contributed by atoms with Gasteiger partial charge in [-0.15, -0.1) is 0 Å². The van der Waals surface area contributed by atoms with E-state index in [0.717, 1.165) is 6.42 Å². The lowest BCUT2D eigenvalue weighted by Gasteiger charge is -2.14. The third-order valence-corrected chi connectivity index (χ3v) is 2.79. The van der Waals surface area contributed by atoms with Gasteiger partial charge in [0, 0.05) is 12.2 Å². The molecule has 0 radical (unpaired) electrons. The van der Waals surface area contributed by atoms with Gasteiger partial charge in [0.15, 0.2) is 0 Å². The number of benzene rings is 1. The van der Waals surface area contributed by atoms with E-state index in [9.17, 15) is 4.79 Å². The summed E-state index contributed by atoms with van der Waals surface area (Å²) in [4.78, 5) is 15.0. The van der Waals surface area contributed by atoms with Crippen LogP contribution in [0.15, 0.2) is 48.7 Å². The van der Waals surface area contributed by atoms with Crippen LogP contribution in [-0.4, -0.2) is 22.1 Å². The molecule has 2 N–H and O–H groups in total. The second-order valence-electron chi connectivity index (χ2n) is 4.47. The van der Waals surface area contributed by atoms with Gasteiger partial charge in [-0.2, -0.15) is 0 Å². The fourth-order valence-corrected chi connectivity index (χ4v) is 1.91. The van der Waals surface area contributed by atoms with Crippen LogP contribution < -0.4 is 5.32 Å². The number of carbonyl (C=O) groups is 1. The first-order valence-corrected chi connectivity index (χ1v) is 6.15. The lowest BCUT2D eigenvalue weighted by Crippen LogP contribution is -2.19. The predicted octanol–water partition coefficient (Wildman–Crippen LogP) is 2.82. The molecule has 4 nitrogen and oxygen atoms in total. The Kier molecular flexibility index (Phi) is 4.13. The third-order valence-electron chi connectivity index (χ3n) is 2.79. The third kappa shape index (κ3) is 3.81.